The zero-order valence-corrected chi connectivity index (χ0v) is 18.9. The Morgan fingerprint density at radius 2 is 1.07 bits per heavy atom. The minimum Gasteiger partial charge on any atom is -0.271 e. The van der Waals surface area contributed by atoms with Crippen molar-refractivity contribution in [2.24, 2.45) is 0 Å². The number of rotatable bonds is 18. The maximum Gasteiger partial charge on any atom is 0.264 e. The topological polar surface area (TPSA) is 13.1 Å². The van der Waals surface area contributed by atoms with E-state index in [9.17, 15) is 0 Å². The van der Waals surface area contributed by atoms with Gasteiger partial charge in [0.2, 0.25) is 6.20 Å². The number of hydrogen-bond donors (Lipinski definition) is 0. The molecule has 29 heavy (non-hydrogen) atoms. The Hall–Kier alpha value is -1.57. The van der Waals surface area contributed by atoms with Gasteiger partial charge in [-0.25, -0.2) is 0 Å². The van der Waals surface area contributed by atoms with Crippen LogP contribution in [0, 0.1) is 0 Å². The fourth-order valence-corrected chi connectivity index (χ4v) is 4.06. The van der Waals surface area contributed by atoms with E-state index in [1.165, 1.54) is 102 Å². The summed E-state index contributed by atoms with van der Waals surface area (Å²) in [6, 6.07) is 12.6. The van der Waals surface area contributed by atoms with Crippen molar-refractivity contribution in [3.63, 3.8) is 0 Å². The van der Waals surface area contributed by atoms with Gasteiger partial charge >= 0.3 is 0 Å². The molecule has 0 amide bonds. The smallest absolute Gasteiger partial charge is 0.264 e. The summed E-state index contributed by atoms with van der Waals surface area (Å²) in [6.07, 6.45) is 24.4. The average Bonchev–Trinajstić information content (AvgIpc) is 2.76. The number of pyridine rings is 1. The van der Waals surface area contributed by atoms with E-state index in [1.54, 1.807) is 0 Å². The molecule has 1 aromatic carbocycles. The van der Waals surface area contributed by atoms with Gasteiger partial charge in [-0.2, -0.15) is 0 Å². The second-order valence-electron chi connectivity index (χ2n) is 8.53. The molecule has 0 bridgehead atoms. The second kappa shape index (κ2) is 16.3. The zero-order chi connectivity index (χ0) is 20.4. The molecule has 0 aliphatic carbocycles. The van der Waals surface area contributed by atoms with E-state index < -0.39 is 0 Å². The van der Waals surface area contributed by atoms with E-state index in [2.05, 4.69) is 43.3 Å². The summed E-state index contributed by atoms with van der Waals surface area (Å²) >= 11 is 0. The Bertz CT molecular complexity index is 634. The lowest BCUT2D eigenvalue weighted by molar-refractivity contribution is -0.871. The Labute approximate surface area is 179 Å². The van der Waals surface area contributed by atoms with Crippen molar-refractivity contribution in [1.29, 1.82) is 0 Å². The molecule has 2 aromatic rings. The van der Waals surface area contributed by atoms with Gasteiger partial charge in [-0.3, -0.25) is 4.84 Å². The van der Waals surface area contributed by atoms with Gasteiger partial charge in [-0.05, 0) is 25.0 Å². The highest BCUT2D eigenvalue weighted by atomic mass is 16.7. The van der Waals surface area contributed by atoms with Crippen LogP contribution in [-0.2, 0) is 0 Å². The predicted molar refractivity (Wildman–Crippen MR) is 125 cm³/mol. The molecule has 2 rings (SSSR count). The standard InChI is InChI=1S/C27H44NO/c1-2-3-4-5-6-7-8-9-10-11-12-13-14-15-16-19-25-29-28-24-20-22-26-21-17-18-23-27(26)28/h17-18,20-24H,2-16,19,25H2,1H3/q+1. The van der Waals surface area contributed by atoms with E-state index >= 15 is 0 Å². The summed E-state index contributed by atoms with van der Waals surface area (Å²) in [5.74, 6) is 0. The summed E-state index contributed by atoms with van der Waals surface area (Å²) in [5, 5.41) is 1.22. The minimum absolute atomic E-state index is 0.803. The Kier molecular flexibility index (Phi) is 13.3. The molecule has 0 N–H and O–H groups in total. The minimum atomic E-state index is 0.803. The first-order valence-electron chi connectivity index (χ1n) is 12.4. The molecular formula is C27H44NO+. The van der Waals surface area contributed by atoms with Crippen LogP contribution in [-0.4, -0.2) is 6.61 Å². The van der Waals surface area contributed by atoms with Gasteiger partial charge in [-0.1, -0.05) is 109 Å². The molecule has 0 radical (unpaired) electrons. The summed E-state index contributed by atoms with van der Waals surface area (Å²) in [7, 11) is 0. The predicted octanol–water partition coefficient (Wildman–Crippen LogP) is 7.82. The van der Waals surface area contributed by atoms with Crippen LogP contribution >= 0.6 is 0 Å². The molecule has 0 aliphatic rings. The molecule has 2 nitrogen and oxygen atoms in total. The first-order chi connectivity index (χ1) is 14.4. The maximum atomic E-state index is 5.96. The fourth-order valence-electron chi connectivity index (χ4n) is 4.06. The first-order valence-corrected chi connectivity index (χ1v) is 12.4. The number of aromatic nitrogens is 1. The largest absolute Gasteiger partial charge is 0.271 e. The summed E-state index contributed by atoms with van der Waals surface area (Å²) in [5.41, 5.74) is 1.14. The van der Waals surface area contributed by atoms with Crippen LogP contribution in [0.25, 0.3) is 10.9 Å². The molecule has 162 valence electrons. The van der Waals surface area contributed by atoms with Gasteiger partial charge in [0.1, 0.15) is 0 Å². The van der Waals surface area contributed by atoms with Crippen LogP contribution in [0.3, 0.4) is 0 Å². The van der Waals surface area contributed by atoms with Crippen molar-refractivity contribution in [3.05, 3.63) is 42.6 Å². The molecular weight excluding hydrogens is 354 g/mol. The van der Waals surface area contributed by atoms with E-state index in [0.29, 0.717) is 0 Å². The van der Waals surface area contributed by atoms with Crippen LogP contribution in [0.5, 0.6) is 0 Å². The lowest BCUT2D eigenvalue weighted by Crippen LogP contribution is -2.43. The lowest BCUT2D eigenvalue weighted by Gasteiger charge is -2.04. The van der Waals surface area contributed by atoms with Crippen LogP contribution in [0.4, 0.5) is 0 Å². The SMILES string of the molecule is CCCCCCCCCCCCCCCCCCO[n+]1cccc2ccccc21. The normalized spacial score (nSPS) is 11.2. The number of para-hydroxylation sites is 1. The zero-order valence-electron chi connectivity index (χ0n) is 18.9. The number of unbranched alkanes of at least 4 members (excludes halogenated alkanes) is 15. The Morgan fingerprint density at radius 3 is 1.66 bits per heavy atom. The number of fused-ring (bicyclic) bond motifs is 1. The highest BCUT2D eigenvalue weighted by Crippen LogP contribution is 2.13. The van der Waals surface area contributed by atoms with Crippen molar-refractivity contribution in [1.82, 2.24) is 0 Å². The van der Waals surface area contributed by atoms with Crippen molar-refractivity contribution in [2.75, 3.05) is 6.61 Å². The van der Waals surface area contributed by atoms with Gasteiger partial charge in [0, 0.05) is 16.9 Å². The molecule has 0 unspecified atom stereocenters. The third-order valence-electron chi connectivity index (χ3n) is 5.90. The van der Waals surface area contributed by atoms with Gasteiger partial charge in [-0.15, -0.1) is 0 Å². The van der Waals surface area contributed by atoms with Crippen LogP contribution in [0.15, 0.2) is 42.6 Å². The van der Waals surface area contributed by atoms with Gasteiger partial charge in [0.05, 0.1) is 5.39 Å². The summed E-state index contributed by atoms with van der Waals surface area (Å²) in [6.45, 7) is 3.10. The van der Waals surface area contributed by atoms with Crippen LogP contribution < -0.4 is 9.57 Å². The number of nitrogens with zero attached hydrogens (tertiary/aromatic N) is 1. The second-order valence-corrected chi connectivity index (χ2v) is 8.53. The van der Waals surface area contributed by atoms with E-state index in [0.717, 1.165) is 18.5 Å². The number of benzene rings is 1. The average molecular weight is 399 g/mol. The molecule has 2 heteroatoms. The maximum absolute atomic E-state index is 5.96. The van der Waals surface area contributed by atoms with Gasteiger partial charge in [0.15, 0.2) is 6.61 Å². The van der Waals surface area contributed by atoms with Crippen molar-refractivity contribution in [3.8, 4) is 0 Å². The summed E-state index contributed by atoms with van der Waals surface area (Å²) in [4.78, 5) is 5.96. The monoisotopic (exact) mass is 398 g/mol. The van der Waals surface area contributed by atoms with Crippen molar-refractivity contribution < 1.29 is 9.57 Å². The molecule has 1 aromatic heterocycles. The third kappa shape index (κ3) is 10.7. The molecule has 0 aliphatic heterocycles. The number of hydrogen-bond acceptors (Lipinski definition) is 1. The van der Waals surface area contributed by atoms with Crippen molar-refractivity contribution in [2.45, 2.75) is 110 Å². The fraction of sp³-hybridized carbons (Fsp3) is 0.667. The van der Waals surface area contributed by atoms with Crippen molar-refractivity contribution >= 4 is 10.9 Å². The molecule has 0 fully saturated rings. The summed E-state index contributed by atoms with van der Waals surface area (Å²) < 4.78 is 1.92. The lowest BCUT2D eigenvalue weighted by atomic mass is 10.0. The third-order valence-corrected chi connectivity index (χ3v) is 5.90. The molecule has 0 spiro atoms. The van der Waals surface area contributed by atoms with Gasteiger partial charge < -0.3 is 0 Å². The quantitative estimate of drug-likeness (QED) is 0.184. The Balaban J connectivity index is 1.35. The highest BCUT2D eigenvalue weighted by Gasteiger charge is 2.08. The van der Waals surface area contributed by atoms with E-state index in [4.69, 9.17) is 4.84 Å². The Morgan fingerprint density at radius 1 is 0.586 bits per heavy atom. The van der Waals surface area contributed by atoms with E-state index in [1.807, 2.05) is 10.9 Å². The van der Waals surface area contributed by atoms with Crippen LogP contribution in [0.1, 0.15) is 110 Å². The molecule has 0 saturated carbocycles. The van der Waals surface area contributed by atoms with Gasteiger partial charge in [0.25, 0.3) is 5.52 Å². The first kappa shape index (κ1) is 23.7. The molecule has 0 saturated heterocycles. The van der Waals surface area contributed by atoms with Crippen LogP contribution in [0.2, 0.25) is 0 Å². The molecule has 0 atom stereocenters. The molecule has 1 heterocycles. The highest BCUT2D eigenvalue weighted by molar-refractivity contribution is 5.74. The van der Waals surface area contributed by atoms with E-state index in [-0.39, 0.29) is 0 Å².